The molecule has 7 nitrogen and oxygen atoms in total. The molecule has 106 valence electrons. The normalized spacial score (nSPS) is 15.9. The zero-order chi connectivity index (χ0) is 14.6. The van der Waals surface area contributed by atoms with Crippen LogP contribution in [-0.4, -0.2) is 30.8 Å². The topological polar surface area (TPSA) is 110 Å². The highest BCUT2D eigenvalue weighted by atomic mass is 32.2. The first-order valence-electron chi connectivity index (χ1n) is 5.23. The van der Waals surface area contributed by atoms with Crippen molar-refractivity contribution in [3.8, 4) is 0 Å². The van der Waals surface area contributed by atoms with Gasteiger partial charge in [-0.25, -0.2) is 4.18 Å². The number of aryl methyl sites for hydroxylation is 1. The monoisotopic (exact) mass is 309 g/mol. The SMILES string of the molecule is Cc1ccc(S(=O)(=O)O[C@H](O[P+](=O)O)[C@H](C)O)cc1. The molecule has 19 heavy (non-hydrogen) atoms. The van der Waals surface area contributed by atoms with Gasteiger partial charge in [-0.2, -0.15) is 8.42 Å². The van der Waals surface area contributed by atoms with E-state index in [1.807, 2.05) is 0 Å². The van der Waals surface area contributed by atoms with Crippen molar-refractivity contribution in [1.82, 2.24) is 0 Å². The van der Waals surface area contributed by atoms with Gasteiger partial charge in [0.2, 0.25) is 0 Å². The van der Waals surface area contributed by atoms with Gasteiger partial charge in [-0.1, -0.05) is 22.2 Å². The Labute approximate surface area is 111 Å². The van der Waals surface area contributed by atoms with Crippen molar-refractivity contribution in [2.24, 2.45) is 0 Å². The molecule has 1 aromatic carbocycles. The summed E-state index contributed by atoms with van der Waals surface area (Å²) in [6.07, 6.45) is -3.15. The highest BCUT2D eigenvalue weighted by molar-refractivity contribution is 7.86. The largest absolute Gasteiger partial charge is 0.697 e. The number of aliphatic hydroxyl groups excluding tert-OH is 1. The predicted octanol–water partition coefficient (Wildman–Crippen LogP) is 1.07. The van der Waals surface area contributed by atoms with Crippen LogP contribution in [0.5, 0.6) is 0 Å². The third-order valence-corrected chi connectivity index (χ3v) is 3.80. The number of benzene rings is 1. The van der Waals surface area contributed by atoms with E-state index in [0.717, 1.165) is 5.56 Å². The van der Waals surface area contributed by atoms with Crippen LogP contribution in [0.25, 0.3) is 0 Å². The summed E-state index contributed by atoms with van der Waals surface area (Å²) in [5.74, 6) is 0. The van der Waals surface area contributed by atoms with Crippen molar-refractivity contribution in [3.63, 3.8) is 0 Å². The fraction of sp³-hybridized carbons (Fsp3) is 0.400. The summed E-state index contributed by atoms with van der Waals surface area (Å²) in [5, 5.41) is 9.26. The minimum atomic E-state index is -4.19. The molecular weight excluding hydrogens is 295 g/mol. The number of hydrogen-bond donors (Lipinski definition) is 2. The Balaban J connectivity index is 2.93. The minimum Gasteiger partial charge on any atom is -0.388 e. The van der Waals surface area contributed by atoms with Gasteiger partial charge in [0, 0.05) is 4.57 Å². The Morgan fingerprint density at radius 1 is 1.26 bits per heavy atom. The highest BCUT2D eigenvalue weighted by Crippen LogP contribution is 2.24. The summed E-state index contributed by atoms with van der Waals surface area (Å²) in [5.41, 5.74) is 0.862. The molecule has 0 spiro atoms. The van der Waals surface area contributed by atoms with E-state index in [1.165, 1.54) is 19.1 Å². The van der Waals surface area contributed by atoms with E-state index in [1.54, 1.807) is 19.1 Å². The van der Waals surface area contributed by atoms with Gasteiger partial charge in [0.25, 0.3) is 16.4 Å². The maximum absolute atomic E-state index is 11.9. The van der Waals surface area contributed by atoms with E-state index in [2.05, 4.69) is 8.71 Å². The van der Waals surface area contributed by atoms with Crippen molar-refractivity contribution in [1.29, 1.82) is 0 Å². The van der Waals surface area contributed by atoms with E-state index < -0.39 is 30.8 Å². The lowest BCUT2D eigenvalue weighted by molar-refractivity contribution is -0.0748. The van der Waals surface area contributed by atoms with Crippen LogP contribution in [0.3, 0.4) is 0 Å². The Morgan fingerprint density at radius 2 is 1.79 bits per heavy atom. The van der Waals surface area contributed by atoms with Gasteiger partial charge in [0.1, 0.15) is 6.10 Å². The fourth-order valence-corrected chi connectivity index (χ4v) is 2.65. The van der Waals surface area contributed by atoms with Crippen LogP contribution in [0.1, 0.15) is 12.5 Å². The van der Waals surface area contributed by atoms with E-state index in [9.17, 15) is 18.1 Å². The fourth-order valence-electron chi connectivity index (χ4n) is 1.16. The zero-order valence-corrected chi connectivity index (χ0v) is 12.0. The molecule has 0 saturated carbocycles. The molecule has 0 fully saturated rings. The Kier molecular flexibility index (Phi) is 5.54. The van der Waals surface area contributed by atoms with Gasteiger partial charge in [-0.15, -0.1) is 4.89 Å². The molecule has 2 N–H and O–H groups in total. The van der Waals surface area contributed by atoms with Crippen molar-refractivity contribution in [2.75, 3.05) is 0 Å². The van der Waals surface area contributed by atoms with Crippen LogP contribution < -0.4 is 0 Å². The first kappa shape index (κ1) is 16.2. The third kappa shape index (κ3) is 4.94. The van der Waals surface area contributed by atoms with Crippen LogP contribution in [0.15, 0.2) is 29.2 Å². The Hall–Kier alpha value is -0.890. The van der Waals surface area contributed by atoms with E-state index >= 15 is 0 Å². The van der Waals surface area contributed by atoms with Crippen molar-refractivity contribution in [3.05, 3.63) is 29.8 Å². The molecule has 0 amide bonds. The summed E-state index contributed by atoms with van der Waals surface area (Å²) in [6.45, 7) is 2.96. The van der Waals surface area contributed by atoms with Crippen LogP contribution >= 0.6 is 8.25 Å². The molecule has 1 unspecified atom stereocenters. The van der Waals surface area contributed by atoms with Gasteiger partial charge < -0.3 is 5.11 Å². The van der Waals surface area contributed by atoms with Crippen LogP contribution in [-0.2, 0) is 23.4 Å². The van der Waals surface area contributed by atoms with Crippen molar-refractivity contribution in [2.45, 2.75) is 31.1 Å². The lowest BCUT2D eigenvalue weighted by Gasteiger charge is -2.14. The molecule has 3 atom stereocenters. The molecule has 0 aliphatic rings. The minimum absolute atomic E-state index is 0.138. The summed E-state index contributed by atoms with van der Waals surface area (Å²) < 4.78 is 43.1. The molecule has 0 bridgehead atoms. The second-order valence-electron chi connectivity index (χ2n) is 3.82. The average Bonchev–Trinajstić information content (AvgIpc) is 2.27. The molecule has 0 aliphatic heterocycles. The third-order valence-electron chi connectivity index (χ3n) is 2.12. The van der Waals surface area contributed by atoms with Gasteiger partial charge in [-0.3, -0.25) is 0 Å². The second-order valence-corrected chi connectivity index (χ2v) is 6.07. The van der Waals surface area contributed by atoms with Gasteiger partial charge in [0.05, 0.1) is 4.90 Å². The van der Waals surface area contributed by atoms with E-state index in [-0.39, 0.29) is 4.90 Å². The van der Waals surface area contributed by atoms with E-state index in [4.69, 9.17) is 4.89 Å². The molecule has 1 rings (SSSR count). The van der Waals surface area contributed by atoms with Gasteiger partial charge >= 0.3 is 8.25 Å². The molecule has 0 radical (unpaired) electrons. The Bertz CT molecular complexity index is 538. The van der Waals surface area contributed by atoms with Crippen molar-refractivity contribution >= 4 is 18.4 Å². The summed E-state index contributed by atoms with van der Waals surface area (Å²) >= 11 is 0. The molecule has 9 heteroatoms. The average molecular weight is 309 g/mol. The standard InChI is InChI=1S/C10H13O7PS/c1-7-3-5-9(6-4-7)19(14,15)17-10(8(2)11)16-18(12)13/h3-6,8,10-11H,1-2H3/p+1/t8-,10-/m0/s1. The van der Waals surface area contributed by atoms with Crippen LogP contribution in [0.4, 0.5) is 0 Å². The number of aliphatic hydroxyl groups is 1. The molecule has 0 saturated heterocycles. The number of hydrogen-bond acceptors (Lipinski definition) is 6. The highest BCUT2D eigenvalue weighted by Gasteiger charge is 2.33. The quantitative estimate of drug-likeness (QED) is 0.459. The maximum atomic E-state index is 11.9. The number of rotatable bonds is 6. The zero-order valence-electron chi connectivity index (χ0n) is 10.3. The smallest absolute Gasteiger partial charge is 0.388 e. The van der Waals surface area contributed by atoms with Gasteiger partial charge in [-0.05, 0) is 26.0 Å². The molecule has 0 aliphatic carbocycles. The van der Waals surface area contributed by atoms with Gasteiger partial charge in [0.15, 0.2) is 0 Å². The molecular formula is C10H14O7PS+. The van der Waals surface area contributed by atoms with Crippen molar-refractivity contribution < 1.29 is 31.7 Å². The van der Waals surface area contributed by atoms with Crippen LogP contribution in [0.2, 0.25) is 0 Å². The summed E-state index contributed by atoms with van der Waals surface area (Å²) in [6, 6.07) is 5.79. The summed E-state index contributed by atoms with van der Waals surface area (Å²) in [7, 11) is -7.29. The first-order chi connectivity index (χ1) is 8.72. The maximum Gasteiger partial charge on any atom is 0.697 e. The molecule has 0 heterocycles. The van der Waals surface area contributed by atoms with Crippen LogP contribution in [0, 0.1) is 6.92 Å². The Morgan fingerprint density at radius 3 is 2.21 bits per heavy atom. The lowest BCUT2D eigenvalue weighted by Crippen LogP contribution is -2.30. The second kappa shape index (κ2) is 6.51. The molecule has 0 aromatic heterocycles. The first-order valence-corrected chi connectivity index (χ1v) is 7.77. The van der Waals surface area contributed by atoms with E-state index in [0.29, 0.717) is 0 Å². The lowest BCUT2D eigenvalue weighted by atomic mass is 10.2. The molecule has 1 aromatic rings. The predicted molar refractivity (Wildman–Crippen MR) is 65.8 cm³/mol. The summed E-state index contributed by atoms with van der Waals surface area (Å²) in [4.78, 5) is 8.44.